The molecule has 1 aromatic heterocycles. The van der Waals surface area contributed by atoms with Crippen LogP contribution in [0.1, 0.15) is 21.6 Å². The molecule has 3 nitrogen and oxygen atoms in total. The zero-order valence-electron chi connectivity index (χ0n) is 13.5. The zero-order valence-corrected chi connectivity index (χ0v) is 13.5. The second kappa shape index (κ2) is 6.71. The first-order valence-electron chi connectivity index (χ1n) is 7.86. The summed E-state index contributed by atoms with van der Waals surface area (Å²) in [4.78, 5) is 11.7. The van der Waals surface area contributed by atoms with E-state index in [1.807, 2.05) is 25.1 Å². The minimum absolute atomic E-state index is 0.284. The molecular formula is C20H19FN2O. The third-order valence-electron chi connectivity index (χ3n) is 4.24. The van der Waals surface area contributed by atoms with Crippen molar-refractivity contribution < 1.29 is 9.18 Å². The molecule has 24 heavy (non-hydrogen) atoms. The molecule has 0 aliphatic rings. The molecular weight excluding hydrogens is 303 g/mol. The lowest BCUT2D eigenvalue weighted by Crippen LogP contribution is -2.13. The first kappa shape index (κ1) is 16.0. The molecule has 2 aromatic carbocycles. The lowest BCUT2D eigenvalue weighted by atomic mass is 10.1. The molecule has 3 rings (SSSR count). The Morgan fingerprint density at radius 1 is 1.08 bits per heavy atom. The molecule has 122 valence electrons. The van der Waals surface area contributed by atoms with Crippen LogP contribution in [-0.4, -0.2) is 10.5 Å². The van der Waals surface area contributed by atoms with E-state index in [9.17, 15) is 9.18 Å². The number of carbonyl (C=O) groups excluding carboxylic acids is 1. The number of nitrogens with zero attached hydrogens (tertiary/aromatic N) is 1. The third kappa shape index (κ3) is 3.23. The number of aryl methyl sites for hydroxylation is 1. The molecule has 0 aliphatic carbocycles. The highest BCUT2D eigenvalue weighted by Gasteiger charge is 2.16. The first-order chi connectivity index (χ1) is 11.6. The second-order valence-electron chi connectivity index (χ2n) is 5.79. The van der Waals surface area contributed by atoms with E-state index in [1.54, 1.807) is 18.2 Å². The van der Waals surface area contributed by atoms with Gasteiger partial charge >= 0.3 is 0 Å². The van der Waals surface area contributed by atoms with Gasteiger partial charge in [0, 0.05) is 17.9 Å². The summed E-state index contributed by atoms with van der Waals surface area (Å²) >= 11 is 0. The second-order valence-corrected chi connectivity index (χ2v) is 5.79. The number of aromatic nitrogens is 1. The minimum Gasteiger partial charge on any atom is -0.366 e. The predicted molar refractivity (Wildman–Crippen MR) is 93.2 cm³/mol. The minimum atomic E-state index is -0.450. The molecule has 0 fully saturated rings. The largest absolute Gasteiger partial charge is 0.366 e. The average molecular weight is 322 g/mol. The van der Waals surface area contributed by atoms with Crippen LogP contribution in [0.4, 0.5) is 4.39 Å². The van der Waals surface area contributed by atoms with E-state index in [0.29, 0.717) is 5.56 Å². The van der Waals surface area contributed by atoms with Crippen LogP contribution in [0.5, 0.6) is 0 Å². The third-order valence-corrected chi connectivity index (χ3v) is 4.24. The first-order valence-corrected chi connectivity index (χ1v) is 7.86. The maximum Gasteiger partial charge on any atom is 0.250 e. The van der Waals surface area contributed by atoms with Gasteiger partial charge in [0.15, 0.2) is 0 Å². The monoisotopic (exact) mass is 322 g/mol. The van der Waals surface area contributed by atoms with Crippen molar-refractivity contribution in [3.05, 3.63) is 83.3 Å². The number of benzene rings is 2. The van der Waals surface area contributed by atoms with Gasteiger partial charge in [-0.3, -0.25) is 4.79 Å². The van der Waals surface area contributed by atoms with Crippen molar-refractivity contribution in [1.29, 1.82) is 0 Å². The highest BCUT2D eigenvalue weighted by atomic mass is 19.1. The van der Waals surface area contributed by atoms with E-state index in [2.05, 4.69) is 16.7 Å². The Balaban J connectivity index is 1.99. The summed E-state index contributed by atoms with van der Waals surface area (Å²) < 4.78 is 15.3. The Kier molecular flexibility index (Phi) is 4.47. The number of hydrogen-bond acceptors (Lipinski definition) is 1. The topological polar surface area (TPSA) is 48.0 Å². The molecule has 4 heteroatoms. The number of rotatable bonds is 5. The fourth-order valence-electron chi connectivity index (χ4n) is 2.93. The van der Waals surface area contributed by atoms with E-state index in [-0.39, 0.29) is 5.82 Å². The molecule has 0 saturated heterocycles. The quantitative estimate of drug-likeness (QED) is 0.760. The number of hydrogen-bond donors (Lipinski definition) is 1. The van der Waals surface area contributed by atoms with Gasteiger partial charge in [0.05, 0.1) is 5.56 Å². The van der Waals surface area contributed by atoms with Gasteiger partial charge in [-0.05, 0) is 54.8 Å². The van der Waals surface area contributed by atoms with Crippen LogP contribution in [0, 0.1) is 12.7 Å². The van der Waals surface area contributed by atoms with Gasteiger partial charge in [-0.15, -0.1) is 0 Å². The number of halogens is 1. The highest BCUT2D eigenvalue weighted by molar-refractivity contribution is 5.95. The standard InChI is InChI=1S/C20H19FN2O/c1-14-18(20(22)24)13-19(16-7-9-17(21)10-8-16)23(14)12-11-15-5-3-2-4-6-15/h2-10,13H,11-12H2,1H3,(H2,22,24). The maximum absolute atomic E-state index is 13.2. The van der Waals surface area contributed by atoms with Crippen LogP contribution in [0.2, 0.25) is 0 Å². The van der Waals surface area contributed by atoms with Gasteiger partial charge in [-0.1, -0.05) is 30.3 Å². The summed E-state index contributed by atoms with van der Waals surface area (Å²) in [5, 5.41) is 0. The summed E-state index contributed by atoms with van der Waals surface area (Å²) in [5.41, 5.74) is 9.78. The van der Waals surface area contributed by atoms with Gasteiger partial charge in [-0.2, -0.15) is 0 Å². The summed E-state index contributed by atoms with van der Waals surface area (Å²) in [6.45, 7) is 2.61. The molecule has 1 amide bonds. The number of primary amides is 1. The lowest BCUT2D eigenvalue weighted by Gasteiger charge is -2.12. The van der Waals surface area contributed by atoms with Crippen LogP contribution < -0.4 is 5.73 Å². The summed E-state index contributed by atoms with van der Waals surface area (Å²) in [5.74, 6) is -0.734. The number of nitrogens with two attached hydrogens (primary N) is 1. The molecule has 1 heterocycles. The van der Waals surface area contributed by atoms with E-state index < -0.39 is 5.91 Å². The molecule has 0 unspecified atom stereocenters. The molecule has 0 bridgehead atoms. The summed E-state index contributed by atoms with van der Waals surface area (Å²) in [6.07, 6.45) is 0.836. The van der Waals surface area contributed by atoms with Crippen molar-refractivity contribution in [2.24, 2.45) is 5.73 Å². The van der Waals surface area contributed by atoms with E-state index in [1.165, 1.54) is 17.7 Å². The lowest BCUT2D eigenvalue weighted by molar-refractivity contribution is 0.0999. The number of amides is 1. The molecule has 0 radical (unpaired) electrons. The Morgan fingerprint density at radius 3 is 2.38 bits per heavy atom. The fourth-order valence-corrected chi connectivity index (χ4v) is 2.93. The zero-order chi connectivity index (χ0) is 17.1. The Bertz CT molecular complexity index is 851. The van der Waals surface area contributed by atoms with Crippen molar-refractivity contribution in [3.8, 4) is 11.3 Å². The Morgan fingerprint density at radius 2 is 1.75 bits per heavy atom. The molecule has 3 aromatic rings. The Hall–Kier alpha value is -2.88. The SMILES string of the molecule is Cc1c(C(N)=O)cc(-c2ccc(F)cc2)n1CCc1ccccc1. The van der Waals surface area contributed by atoms with Gasteiger partial charge in [0.2, 0.25) is 0 Å². The predicted octanol–water partition coefficient (Wildman–Crippen LogP) is 3.94. The fraction of sp³-hybridized carbons (Fsp3) is 0.150. The normalized spacial score (nSPS) is 10.8. The summed E-state index contributed by atoms with van der Waals surface area (Å²) in [6, 6.07) is 18.2. The maximum atomic E-state index is 13.2. The van der Waals surface area contributed by atoms with Gasteiger partial charge in [0.1, 0.15) is 5.82 Å². The van der Waals surface area contributed by atoms with Crippen LogP contribution in [0.3, 0.4) is 0 Å². The van der Waals surface area contributed by atoms with Crippen molar-refractivity contribution in [1.82, 2.24) is 4.57 Å². The van der Waals surface area contributed by atoms with Crippen molar-refractivity contribution >= 4 is 5.91 Å². The van der Waals surface area contributed by atoms with Crippen LogP contribution >= 0.6 is 0 Å². The van der Waals surface area contributed by atoms with Crippen LogP contribution in [0.25, 0.3) is 11.3 Å². The average Bonchev–Trinajstić information content (AvgIpc) is 2.91. The van der Waals surface area contributed by atoms with E-state index >= 15 is 0 Å². The van der Waals surface area contributed by atoms with Crippen molar-refractivity contribution in [3.63, 3.8) is 0 Å². The van der Waals surface area contributed by atoms with Crippen LogP contribution in [-0.2, 0) is 13.0 Å². The molecule has 0 atom stereocenters. The number of carbonyl (C=O) groups is 1. The molecule has 0 saturated carbocycles. The van der Waals surface area contributed by atoms with E-state index in [4.69, 9.17) is 5.73 Å². The highest BCUT2D eigenvalue weighted by Crippen LogP contribution is 2.26. The van der Waals surface area contributed by atoms with Gasteiger partial charge < -0.3 is 10.3 Å². The van der Waals surface area contributed by atoms with Gasteiger partial charge in [0.25, 0.3) is 5.91 Å². The molecule has 2 N–H and O–H groups in total. The van der Waals surface area contributed by atoms with Crippen molar-refractivity contribution in [2.75, 3.05) is 0 Å². The van der Waals surface area contributed by atoms with Gasteiger partial charge in [-0.25, -0.2) is 4.39 Å². The van der Waals surface area contributed by atoms with E-state index in [0.717, 1.165) is 29.9 Å². The molecule has 0 aliphatic heterocycles. The summed E-state index contributed by atoms with van der Waals surface area (Å²) in [7, 11) is 0. The van der Waals surface area contributed by atoms with Crippen LogP contribution in [0.15, 0.2) is 60.7 Å². The Labute approximate surface area is 140 Å². The molecule has 0 spiro atoms. The van der Waals surface area contributed by atoms with Crippen molar-refractivity contribution in [2.45, 2.75) is 19.9 Å². The smallest absolute Gasteiger partial charge is 0.250 e.